The number of ether oxygens (including phenoxy) is 4. The topological polar surface area (TPSA) is 96.0 Å². The van der Waals surface area contributed by atoms with Crippen molar-refractivity contribution in [1.82, 2.24) is 0 Å². The van der Waals surface area contributed by atoms with E-state index in [0.717, 1.165) is 64.4 Å². The quantitative estimate of drug-likeness (QED) is 0.159. The number of pyridine rings is 1. The molecule has 0 saturated heterocycles. The summed E-state index contributed by atoms with van der Waals surface area (Å²) in [6.45, 7) is 2.28. The van der Waals surface area contributed by atoms with Crippen LogP contribution in [-0.4, -0.2) is 32.0 Å². The molecule has 9 heteroatoms. The van der Waals surface area contributed by atoms with Gasteiger partial charge in [0.15, 0.2) is 35.7 Å². The van der Waals surface area contributed by atoms with Crippen LogP contribution >= 0.6 is 0 Å². The maximum absolute atomic E-state index is 10.8. The first-order valence-electron chi connectivity index (χ1n) is 12.2. The van der Waals surface area contributed by atoms with Gasteiger partial charge in [0.05, 0.1) is 29.6 Å². The first-order chi connectivity index (χ1) is 18.1. The number of methoxy groups -OCH3 is 1. The number of rotatable bonds is 8. The zero-order valence-electron chi connectivity index (χ0n) is 20.4. The molecular formula is C28H26N3O6+. The number of aryl methyl sites for hydroxylation is 2. The fraction of sp³-hybridized carbons (Fsp3) is 0.250. The minimum Gasteiger partial charge on any atom is -0.493 e. The van der Waals surface area contributed by atoms with Crippen LogP contribution < -0.4 is 28.8 Å². The van der Waals surface area contributed by atoms with Crippen molar-refractivity contribution in [3.63, 3.8) is 0 Å². The highest BCUT2D eigenvalue weighted by molar-refractivity contribution is 5.91. The molecule has 0 amide bonds. The molecule has 2 aliphatic rings. The highest BCUT2D eigenvalue weighted by atomic mass is 16.7. The van der Waals surface area contributed by atoms with Crippen LogP contribution in [0.4, 0.5) is 11.4 Å². The van der Waals surface area contributed by atoms with Gasteiger partial charge in [-0.05, 0) is 53.8 Å². The second-order valence-electron chi connectivity index (χ2n) is 9.00. The zero-order valence-corrected chi connectivity index (χ0v) is 20.4. The first-order valence-corrected chi connectivity index (χ1v) is 12.2. The van der Waals surface area contributed by atoms with Crippen molar-refractivity contribution >= 4 is 22.1 Å². The minimum atomic E-state index is -0.404. The number of fused-ring (bicyclic) bond motifs is 5. The van der Waals surface area contributed by atoms with Gasteiger partial charge in [0.1, 0.15) is 0 Å². The number of hydrogen-bond donors (Lipinski definition) is 1. The molecule has 0 saturated carbocycles. The Hall–Kier alpha value is -4.53. The summed E-state index contributed by atoms with van der Waals surface area (Å²) < 4.78 is 25.3. The number of non-ortho nitro benzene ring substituents is 1. The number of anilines is 1. The number of nitrogens with one attached hydrogen (secondary N) is 1. The summed E-state index contributed by atoms with van der Waals surface area (Å²) in [6, 6.07) is 16.8. The average molecular weight is 501 g/mol. The molecule has 9 nitrogen and oxygen atoms in total. The Morgan fingerprint density at radius 2 is 1.89 bits per heavy atom. The number of nitro groups is 1. The van der Waals surface area contributed by atoms with Gasteiger partial charge in [0.2, 0.25) is 12.5 Å². The largest absolute Gasteiger partial charge is 0.493 e. The number of nitro benzene ring substituents is 1. The second kappa shape index (κ2) is 9.50. The van der Waals surface area contributed by atoms with Gasteiger partial charge in [0.25, 0.3) is 5.69 Å². The predicted molar refractivity (Wildman–Crippen MR) is 138 cm³/mol. The molecule has 0 fully saturated rings. The van der Waals surface area contributed by atoms with Gasteiger partial charge in [-0.2, -0.15) is 4.57 Å². The second-order valence-corrected chi connectivity index (χ2v) is 9.00. The lowest BCUT2D eigenvalue weighted by atomic mass is 9.95. The summed E-state index contributed by atoms with van der Waals surface area (Å²) in [4.78, 5) is 10.4. The molecule has 0 radical (unpaired) electrons. The van der Waals surface area contributed by atoms with Crippen LogP contribution in [0.3, 0.4) is 0 Å². The Labute approximate surface area is 213 Å². The van der Waals surface area contributed by atoms with E-state index in [2.05, 4.69) is 40.3 Å². The third-order valence-corrected chi connectivity index (χ3v) is 6.77. The van der Waals surface area contributed by atoms with Gasteiger partial charge >= 0.3 is 0 Å². The zero-order chi connectivity index (χ0) is 25.4. The van der Waals surface area contributed by atoms with Crippen LogP contribution in [0.25, 0.3) is 22.0 Å². The number of aromatic nitrogens is 1. The van der Waals surface area contributed by atoms with Crippen LogP contribution in [0, 0.1) is 10.1 Å². The van der Waals surface area contributed by atoms with Crippen LogP contribution in [-0.2, 0) is 13.0 Å². The van der Waals surface area contributed by atoms with E-state index in [9.17, 15) is 10.1 Å². The van der Waals surface area contributed by atoms with Crippen molar-refractivity contribution in [2.75, 3.05) is 32.4 Å². The van der Waals surface area contributed by atoms with Crippen molar-refractivity contribution in [2.24, 2.45) is 0 Å². The molecule has 0 atom stereocenters. The molecule has 0 bridgehead atoms. The molecule has 0 spiro atoms. The summed E-state index contributed by atoms with van der Waals surface area (Å²) in [5.74, 6) is 3.02. The van der Waals surface area contributed by atoms with Gasteiger partial charge in [-0.15, -0.1) is 0 Å². The van der Waals surface area contributed by atoms with Crippen molar-refractivity contribution in [2.45, 2.75) is 19.4 Å². The molecule has 1 aromatic heterocycles. The first kappa shape index (κ1) is 22.9. The molecule has 188 valence electrons. The summed E-state index contributed by atoms with van der Waals surface area (Å²) in [5.41, 5.74) is 4.46. The summed E-state index contributed by atoms with van der Waals surface area (Å²) in [7, 11) is 1.65. The third kappa shape index (κ3) is 4.33. The molecule has 0 unspecified atom stereocenters. The molecule has 3 heterocycles. The van der Waals surface area contributed by atoms with E-state index in [1.165, 1.54) is 17.7 Å². The van der Waals surface area contributed by atoms with Crippen LogP contribution in [0.5, 0.6) is 23.0 Å². The van der Waals surface area contributed by atoms with Gasteiger partial charge in [-0.1, -0.05) is 0 Å². The standard InChI is InChI=1S/C28H26N3O6/c1-34-25-8-3-18-13-24-22-15-27-26(36-17-37-27)14-19(22)9-11-30(24)16-23(18)28(25)35-12-2-10-29-20-4-6-21(7-5-20)31(32)33/h3-8,13-16,29H,2,9-12,17H2,1H3/q+1. The lowest BCUT2D eigenvalue weighted by molar-refractivity contribution is -0.686. The van der Waals surface area contributed by atoms with Gasteiger partial charge in [-0.25, -0.2) is 0 Å². The maximum Gasteiger partial charge on any atom is 0.269 e. The number of benzene rings is 3. The lowest BCUT2D eigenvalue weighted by Gasteiger charge is -2.18. The Morgan fingerprint density at radius 1 is 1.08 bits per heavy atom. The van der Waals surface area contributed by atoms with E-state index in [4.69, 9.17) is 18.9 Å². The van der Waals surface area contributed by atoms with Crippen molar-refractivity contribution in [3.05, 3.63) is 76.5 Å². The number of nitrogens with zero attached hydrogens (tertiary/aromatic N) is 2. The van der Waals surface area contributed by atoms with Crippen LogP contribution in [0.15, 0.2) is 60.8 Å². The molecular weight excluding hydrogens is 474 g/mol. The summed E-state index contributed by atoms with van der Waals surface area (Å²) in [6.07, 6.45) is 3.80. The number of hydrogen-bond acceptors (Lipinski definition) is 7. The van der Waals surface area contributed by atoms with E-state index in [0.29, 0.717) is 18.9 Å². The van der Waals surface area contributed by atoms with Crippen molar-refractivity contribution in [3.8, 4) is 34.3 Å². The van der Waals surface area contributed by atoms with E-state index in [1.54, 1.807) is 19.2 Å². The van der Waals surface area contributed by atoms with Crippen molar-refractivity contribution < 1.29 is 28.4 Å². The van der Waals surface area contributed by atoms with Gasteiger partial charge in [-0.3, -0.25) is 10.1 Å². The minimum absolute atomic E-state index is 0.0757. The van der Waals surface area contributed by atoms with E-state index < -0.39 is 4.92 Å². The monoisotopic (exact) mass is 500 g/mol. The van der Waals surface area contributed by atoms with E-state index in [1.807, 2.05) is 6.07 Å². The lowest BCUT2D eigenvalue weighted by Crippen LogP contribution is -2.40. The Kier molecular flexibility index (Phi) is 5.88. The van der Waals surface area contributed by atoms with E-state index in [-0.39, 0.29) is 12.5 Å². The third-order valence-electron chi connectivity index (χ3n) is 6.77. The van der Waals surface area contributed by atoms with E-state index >= 15 is 0 Å². The Balaban J connectivity index is 1.20. The smallest absolute Gasteiger partial charge is 0.269 e. The molecule has 2 aliphatic heterocycles. The Morgan fingerprint density at radius 3 is 2.68 bits per heavy atom. The SMILES string of the molecule is COc1ccc2cc3[n+](cc2c1OCCCNc1ccc([N+](=O)[O-])cc1)CCc1cc2c(cc1-3)OCO2. The van der Waals surface area contributed by atoms with Crippen LogP contribution in [0.1, 0.15) is 12.0 Å². The fourth-order valence-corrected chi connectivity index (χ4v) is 4.89. The fourth-order valence-electron chi connectivity index (χ4n) is 4.89. The average Bonchev–Trinajstić information content (AvgIpc) is 3.38. The van der Waals surface area contributed by atoms with Gasteiger partial charge < -0.3 is 24.3 Å². The molecule has 1 N–H and O–H groups in total. The summed E-state index contributed by atoms with van der Waals surface area (Å²) >= 11 is 0. The molecule has 37 heavy (non-hydrogen) atoms. The predicted octanol–water partition coefficient (Wildman–Crippen LogP) is 4.88. The summed E-state index contributed by atoms with van der Waals surface area (Å²) in [5, 5.41) is 16.1. The van der Waals surface area contributed by atoms with Gasteiger partial charge in [0, 0.05) is 36.9 Å². The maximum atomic E-state index is 10.8. The molecule has 0 aliphatic carbocycles. The van der Waals surface area contributed by atoms with Crippen LogP contribution in [0.2, 0.25) is 0 Å². The molecule has 3 aromatic carbocycles. The molecule has 6 rings (SSSR count). The highest BCUT2D eigenvalue weighted by Gasteiger charge is 2.28. The Bertz CT molecular complexity index is 1500. The van der Waals surface area contributed by atoms with Crippen molar-refractivity contribution in [1.29, 1.82) is 0 Å². The molecule has 4 aromatic rings. The normalized spacial score (nSPS) is 13.1. The highest BCUT2D eigenvalue weighted by Crippen LogP contribution is 2.41.